The first-order chi connectivity index (χ1) is 16.0. The largest absolute Gasteiger partial charge is 0.507 e. The van der Waals surface area contributed by atoms with Crippen LogP contribution < -0.4 is 5.06 Å². The van der Waals surface area contributed by atoms with Gasteiger partial charge in [-0.2, -0.15) is 5.10 Å². The van der Waals surface area contributed by atoms with Gasteiger partial charge in [0.25, 0.3) is 0 Å². The summed E-state index contributed by atoms with van der Waals surface area (Å²) >= 11 is 0. The van der Waals surface area contributed by atoms with Crippen LogP contribution in [0, 0.1) is 0 Å². The second-order valence-corrected chi connectivity index (χ2v) is 10.2. The van der Waals surface area contributed by atoms with E-state index < -0.39 is 5.60 Å². The first-order valence-electron chi connectivity index (χ1n) is 11.9. The molecule has 1 N–H and O–H groups in total. The summed E-state index contributed by atoms with van der Waals surface area (Å²) in [7, 11) is 0. The van der Waals surface area contributed by atoms with Crippen LogP contribution in [0.25, 0.3) is 11.1 Å². The van der Waals surface area contributed by atoms with Gasteiger partial charge in [0.1, 0.15) is 11.4 Å². The Morgan fingerprint density at radius 1 is 1.15 bits per heavy atom. The maximum Gasteiger partial charge on any atom is 0.410 e. The van der Waals surface area contributed by atoms with Crippen molar-refractivity contribution in [3.8, 4) is 16.9 Å². The fourth-order valence-corrected chi connectivity index (χ4v) is 4.61. The highest BCUT2D eigenvalue weighted by Crippen LogP contribution is 2.42. The number of hydrogen-bond acceptors (Lipinski definition) is 7. The Labute approximate surface area is 200 Å². The van der Waals surface area contributed by atoms with Crippen molar-refractivity contribution in [1.82, 2.24) is 14.7 Å². The number of carbonyl (C=O) groups excluding carboxylic acids is 2. The molecular weight excluding hydrogens is 436 g/mol. The number of aromatic nitrogens is 2. The maximum absolute atomic E-state index is 12.3. The van der Waals surface area contributed by atoms with Gasteiger partial charge in [0.05, 0.1) is 24.0 Å². The second-order valence-electron chi connectivity index (χ2n) is 10.2. The van der Waals surface area contributed by atoms with Crippen LogP contribution in [-0.4, -0.2) is 56.6 Å². The van der Waals surface area contributed by atoms with Crippen LogP contribution >= 0.6 is 0 Å². The summed E-state index contributed by atoms with van der Waals surface area (Å²) in [4.78, 5) is 31.0. The lowest BCUT2D eigenvalue weighted by atomic mass is 9.94. The Balaban J connectivity index is 1.48. The Morgan fingerprint density at radius 2 is 1.85 bits per heavy atom. The maximum atomic E-state index is 12.3. The van der Waals surface area contributed by atoms with Crippen molar-refractivity contribution in [1.29, 1.82) is 0 Å². The number of piperidine rings is 1. The fourth-order valence-electron chi connectivity index (χ4n) is 4.61. The molecule has 2 aliphatic rings. The number of fused-ring (bicyclic) bond motifs is 1. The van der Waals surface area contributed by atoms with Crippen molar-refractivity contribution in [3.63, 3.8) is 0 Å². The number of phenols is 1. The van der Waals surface area contributed by atoms with E-state index in [0.717, 1.165) is 36.1 Å². The van der Waals surface area contributed by atoms with Gasteiger partial charge < -0.3 is 19.6 Å². The van der Waals surface area contributed by atoms with Crippen molar-refractivity contribution >= 4 is 17.7 Å². The van der Waals surface area contributed by atoms with Crippen LogP contribution in [-0.2, 0) is 20.8 Å². The van der Waals surface area contributed by atoms with Gasteiger partial charge in [0, 0.05) is 42.9 Å². The highest BCUT2D eigenvalue weighted by Gasteiger charge is 2.30. The van der Waals surface area contributed by atoms with Crippen LogP contribution in [0.5, 0.6) is 5.75 Å². The SMILES string of the molecule is CC(=O)ON1c2ccc(-c3cnn(C4CCN(C(=O)OC(C)(C)C)CC4)c3)c(O)c2CC[C@@H]1C. The van der Waals surface area contributed by atoms with Crippen LogP contribution in [0.15, 0.2) is 24.5 Å². The number of phenolic OH excluding ortho intramolecular Hbond substituents is 1. The zero-order valence-corrected chi connectivity index (χ0v) is 20.6. The van der Waals surface area contributed by atoms with Crippen LogP contribution in [0.1, 0.15) is 65.5 Å². The number of ether oxygens (including phenoxy) is 1. The third kappa shape index (κ3) is 4.98. The third-order valence-corrected chi connectivity index (χ3v) is 6.34. The van der Waals surface area contributed by atoms with E-state index in [4.69, 9.17) is 9.57 Å². The lowest BCUT2D eigenvalue weighted by Crippen LogP contribution is -2.42. The molecule has 1 aromatic carbocycles. The van der Waals surface area contributed by atoms with Gasteiger partial charge in [-0.25, -0.2) is 9.86 Å². The molecule has 0 unspecified atom stereocenters. The number of rotatable bonds is 3. The van der Waals surface area contributed by atoms with E-state index in [0.29, 0.717) is 25.1 Å². The molecule has 9 heteroatoms. The normalized spacial score (nSPS) is 19.0. The number of anilines is 1. The number of amides is 1. The minimum atomic E-state index is -0.505. The number of hydroxylamine groups is 1. The number of carbonyl (C=O) groups is 2. The van der Waals surface area contributed by atoms with Crippen molar-refractivity contribution in [2.75, 3.05) is 18.2 Å². The molecule has 0 radical (unpaired) electrons. The topological polar surface area (TPSA) is 97.1 Å². The summed E-state index contributed by atoms with van der Waals surface area (Å²) in [6.45, 7) is 10.2. The van der Waals surface area contributed by atoms with Gasteiger partial charge in [-0.05, 0) is 65.5 Å². The van der Waals surface area contributed by atoms with Crippen LogP contribution in [0.3, 0.4) is 0 Å². The smallest absolute Gasteiger partial charge is 0.410 e. The van der Waals surface area contributed by atoms with Gasteiger partial charge >= 0.3 is 12.1 Å². The molecule has 184 valence electrons. The number of nitrogens with zero attached hydrogens (tertiary/aromatic N) is 4. The van der Waals surface area contributed by atoms with Gasteiger partial charge in [0.2, 0.25) is 0 Å². The Morgan fingerprint density at radius 3 is 2.50 bits per heavy atom. The number of hydrogen-bond donors (Lipinski definition) is 1. The molecular formula is C25H34N4O5. The van der Waals surface area contributed by atoms with Crippen molar-refractivity contribution in [2.24, 2.45) is 0 Å². The molecule has 0 saturated carbocycles. The molecule has 1 aromatic heterocycles. The summed E-state index contributed by atoms with van der Waals surface area (Å²) in [5.41, 5.74) is 2.52. The molecule has 2 aliphatic heterocycles. The standard InChI is InChI=1S/C25H34N4O5/c1-16-6-7-21-22(29(16)34-17(2)30)9-8-20(23(21)31)18-14-26-28(15-18)19-10-12-27(13-11-19)24(32)33-25(3,4)5/h8-9,14-16,19,31H,6-7,10-13H2,1-5H3/t16-/m0/s1. The predicted octanol–water partition coefficient (Wildman–Crippen LogP) is 4.45. The molecule has 34 heavy (non-hydrogen) atoms. The number of likely N-dealkylation sites (tertiary alicyclic amines) is 1. The van der Waals surface area contributed by atoms with Crippen molar-refractivity contribution < 1.29 is 24.3 Å². The number of benzene rings is 1. The lowest BCUT2D eigenvalue weighted by molar-refractivity contribution is -0.143. The fraction of sp³-hybridized carbons (Fsp3) is 0.560. The van der Waals surface area contributed by atoms with Crippen molar-refractivity contribution in [2.45, 2.75) is 78.0 Å². The zero-order valence-electron chi connectivity index (χ0n) is 20.6. The van der Waals surface area contributed by atoms with Crippen LogP contribution in [0.4, 0.5) is 10.5 Å². The Kier molecular flexibility index (Phi) is 6.47. The minimum absolute atomic E-state index is 0.0379. The Hall–Kier alpha value is -3.23. The third-order valence-electron chi connectivity index (χ3n) is 6.34. The van der Waals surface area contributed by atoms with E-state index in [1.165, 1.54) is 6.92 Å². The second kappa shape index (κ2) is 9.19. The van der Waals surface area contributed by atoms with Crippen LogP contribution in [0.2, 0.25) is 0 Å². The summed E-state index contributed by atoms with van der Waals surface area (Å²) in [5.74, 6) is -0.192. The van der Waals surface area contributed by atoms with Gasteiger partial charge in [-0.15, -0.1) is 0 Å². The van der Waals surface area contributed by atoms with Gasteiger partial charge in [-0.1, -0.05) is 0 Å². The summed E-state index contributed by atoms with van der Waals surface area (Å²) < 4.78 is 7.40. The molecule has 0 bridgehead atoms. The molecule has 1 amide bonds. The highest BCUT2D eigenvalue weighted by molar-refractivity contribution is 5.77. The van der Waals surface area contributed by atoms with Gasteiger partial charge in [0.15, 0.2) is 0 Å². The van der Waals surface area contributed by atoms with E-state index in [-0.39, 0.29) is 29.9 Å². The average Bonchev–Trinajstić information content (AvgIpc) is 3.24. The quantitative estimate of drug-likeness (QED) is 0.708. The van der Waals surface area contributed by atoms with E-state index >= 15 is 0 Å². The molecule has 2 aromatic rings. The lowest BCUT2D eigenvalue weighted by Gasteiger charge is -2.35. The first-order valence-corrected chi connectivity index (χ1v) is 11.9. The molecule has 0 aliphatic carbocycles. The Bertz CT molecular complexity index is 1070. The minimum Gasteiger partial charge on any atom is -0.507 e. The van der Waals surface area contributed by atoms with E-state index in [1.54, 1.807) is 16.2 Å². The first kappa shape index (κ1) is 23.9. The molecule has 0 spiro atoms. The van der Waals surface area contributed by atoms with Gasteiger partial charge in [-0.3, -0.25) is 9.48 Å². The molecule has 1 atom stereocenters. The molecule has 4 rings (SSSR count). The highest BCUT2D eigenvalue weighted by atomic mass is 16.7. The summed E-state index contributed by atoms with van der Waals surface area (Å²) in [6, 6.07) is 3.94. The van der Waals surface area contributed by atoms with E-state index in [2.05, 4.69) is 5.10 Å². The molecule has 1 fully saturated rings. The van der Waals surface area contributed by atoms with E-state index in [1.807, 2.05) is 50.7 Å². The van der Waals surface area contributed by atoms with Crippen molar-refractivity contribution in [3.05, 3.63) is 30.1 Å². The molecule has 3 heterocycles. The molecule has 9 nitrogen and oxygen atoms in total. The number of aromatic hydroxyl groups is 1. The average molecular weight is 471 g/mol. The van der Waals surface area contributed by atoms with E-state index in [9.17, 15) is 14.7 Å². The molecule has 1 saturated heterocycles. The zero-order chi connectivity index (χ0) is 24.6. The monoisotopic (exact) mass is 470 g/mol. The summed E-state index contributed by atoms with van der Waals surface area (Å²) in [5, 5.41) is 17.2. The summed E-state index contributed by atoms with van der Waals surface area (Å²) in [6.07, 6.45) is 6.47. The predicted molar refractivity (Wildman–Crippen MR) is 127 cm³/mol.